The van der Waals surface area contributed by atoms with Gasteiger partial charge in [0.1, 0.15) is 6.10 Å². The highest BCUT2D eigenvalue weighted by atomic mass is 16.6. The fourth-order valence-electron chi connectivity index (χ4n) is 6.66. The van der Waals surface area contributed by atoms with Gasteiger partial charge in [-0.25, -0.2) is 0 Å². The Morgan fingerprint density at radius 1 is 1.12 bits per heavy atom. The number of hydrogen-bond donors (Lipinski definition) is 0. The fraction of sp³-hybridized carbons (Fsp3) is 0.600. The van der Waals surface area contributed by atoms with Crippen molar-refractivity contribution in [3.05, 3.63) is 29.8 Å². The van der Waals surface area contributed by atoms with Crippen LogP contribution in [-0.4, -0.2) is 60.9 Å². The Balaban J connectivity index is 1.51. The van der Waals surface area contributed by atoms with Crippen molar-refractivity contribution in [3.8, 4) is 0 Å². The van der Waals surface area contributed by atoms with Gasteiger partial charge in [-0.2, -0.15) is 0 Å². The van der Waals surface area contributed by atoms with Crippen LogP contribution in [0.2, 0.25) is 0 Å². The summed E-state index contributed by atoms with van der Waals surface area (Å²) < 4.78 is 16.7. The lowest BCUT2D eigenvalue weighted by molar-refractivity contribution is -0.171. The summed E-state index contributed by atoms with van der Waals surface area (Å²) in [7, 11) is 1.38. The van der Waals surface area contributed by atoms with Crippen LogP contribution in [0.4, 0.5) is 5.69 Å². The first-order valence-electron chi connectivity index (χ1n) is 11.7. The van der Waals surface area contributed by atoms with Crippen LogP contribution in [0, 0.1) is 17.8 Å². The van der Waals surface area contributed by atoms with Crippen LogP contribution in [0.25, 0.3) is 0 Å². The lowest BCUT2D eigenvalue weighted by Gasteiger charge is -2.54. The third-order valence-electron chi connectivity index (χ3n) is 7.86. The maximum Gasteiger partial charge on any atom is 0.312 e. The van der Waals surface area contributed by atoms with Gasteiger partial charge in [0.05, 0.1) is 30.5 Å². The summed E-state index contributed by atoms with van der Waals surface area (Å²) in [6.45, 7) is 4.43. The molecule has 1 aromatic carbocycles. The van der Waals surface area contributed by atoms with Crippen LogP contribution in [0.1, 0.15) is 45.1 Å². The van der Waals surface area contributed by atoms with Crippen molar-refractivity contribution in [2.45, 2.75) is 57.3 Å². The van der Waals surface area contributed by atoms with Crippen LogP contribution < -0.4 is 0 Å². The van der Waals surface area contributed by atoms with E-state index >= 15 is 0 Å². The zero-order chi connectivity index (χ0) is 23.3. The number of ether oxygens (including phenoxy) is 3. The summed E-state index contributed by atoms with van der Waals surface area (Å²) in [6, 6.07) is 7.77. The number of para-hydroxylation sites is 1. The maximum atomic E-state index is 12.9. The first-order chi connectivity index (χ1) is 15.8. The van der Waals surface area contributed by atoms with Gasteiger partial charge in [-0.05, 0) is 37.2 Å². The molecule has 3 aliphatic heterocycles. The number of esters is 3. The second kappa shape index (κ2) is 8.24. The topological polar surface area (TPSA) is 94.5 Å². The van der Waals surface area contributed by atoms with Gasteiger partial charge in [0, 0.05) is 38.9 Å². The fourth-order valence-corrected chi connectivity index (χ4v) is 6.66. The second-order valence-corrected chi connectivity index (χ2v) is 9.63. The highest BCUT2D eigenvalue weighted by Crippen LogP contribution is 2.52. The first-order valence-corrected chi connectivity index (χ1v) is 11.7. The molecule has 33 heavy (non-hydrogen) atoms. The molecule has 0 amide bonds. The molecule has 0 unspecified atom stereocenters. The zero-order valence-corrected chi connectivity index (χ0v) is 19.3. The second-order valence-electron chi connectivity index (χ2n) is 9.63. The van der Waals surface area contributed by atoms with Gasteiger partial charge in [0.2, 0.25) is 0 Å². The van der Waals surface area contributed by atoms with Crippen LogP contribution >= 0.6 is 0 Å². The van der Waals surface area contributed by atoms with Gasteiger partial charge < -0.3 is 14.2 Å². The number of hydrogen-bond acceptors (Lipinski definition) is 8. The van der Waals surface area contributed by atoms with Crippen molar-refractivity contribution in [2.24, 2.45) is 22.7 Å². The molecule has 2 saturated heterocycles. The standard InChI is InChI=1S/C25H30N2O6/c1-14(28)32-21-9-8-16-13-27-11-10-25(33-15(2)29)18-6-4-5-7-19(18)26-23(25)20(27)12-17(16)22(21)24(30)31-3/h4-7,16-17,20-22H,8-13H2,1-3H3/t16-,17-,20-,21-,22+,25-/m0/s1. The monoisotopic (exact) mass is 454 g/mol. The summed E-state index contributed by atoms with van der Waals surface area (Å²) in [5, 5.41) is 0. The lowest BCUT2D eigenvalue weighted by atomic mass is 9.63. The first kappa shape index (κ1) is 22.1. The Morgan fingerprint density at radius 2 is 1.91 bits per heavy atom. The third-order valence-corrected chi connectivity index (χ3v) is 7.86. The third kappa shape index (κ3) is 3.55. The summed E-state index contributed by atoms with van der Waals surface area (Å²) in [6.07, 6.45) is 2.40. The molecule has 8 nitrogen and oxygen atoms in total. The van der Waals surface area contributed by atoms with E-state index in [0.29, 0.717) is 25.2 Å². The average Bonchev–Trinajstić information content (AvgIpc) is 3.11. The summed E-state index contributed by atoms with van der Waals surface area (Å²) in [5.74, 6) is -1.25. The predicted octanol–water partition coefficient (Wildman–Crippen LogP) is 2.76. The predicted molar refractivity (Wildman–Crippen MR) is 119 cm³/mol. The van der Waals surface area contributed by atoms with Crippen LogP contribution in [-0.2, 0) is 34.2 Å². The molecule has 1 aliphatic carbocycles. The maximum absolute atomic E-state index is 12.9. The van der Waals surface area contributed by atoms with E-state index in [1.807, 2.05) is 24.3 Å². The Labute approximate surface area is 193 Å². The molecule has 0 spiro atoms. The van der Waals surface area contributed by atoms with Gasteiger partial charge in [0.15, 0.2) is 5.60 Å². The molecule has 176 valence electrons. The highest BCUT2D eigenvalue weighted by Gasteiger charge is 2.58. The molecule has 3 heterocycles. The quantitative estimate of drug-likeness (QED) is 0.512. The van der Waals surface area contributed by atoms with E-state index in [9.17, 15) is 14.4 Å². The Kier molecular flexibility index (Phi) is 5.51. The van der Waals surface area contributed by atoms with Gasteiger partial charge in [-0.15, -0.1) is 0 Å². The van der Waals surface area contributed by atoms with E-state index < -0.39 is 17.6 Å². The van der Waals surface area contributed by atoms with Crippen molar-refractivity contribution in [2.75, 3.05) is 20.2 Å². The number of aliphatic imine (C=N–C) groups is 1. The van der Waals surface area contributed by atoms with Crippen molar-refractivity contribution in [3.63, 3.8) is 0 Å². The average molecular weight is 455 g/mol. The number of fused-ring (bicyclic) bond motifs is 6. The lowest BCUT2D eigenvalue weighted by Crippen LogP contribution is -2.63. The summed E-state index contributed by atoms with van der Waals surface area (Å²) >= 11 is 0. The minimum Gasteiger partial charge on any atom is -0.469 e. The Bertz CT molecular complexity index is 1020. The summed E-state index contributed by atoms with van der Waals surface area (Å²) in [5.41, 5.74) is 1.76. The molecule has 6 atom stereocenters. The van der Waals surface area contributed by atoms with E-state index in [2.05, 4.69) is 4.90 Å². The van der Waals surface area contributed by atoms with E-state index in [1.165, 1.54) is 21.0 Å². The molecule has 5 rings (SSSR count). The number of methoxy groups -OCH3 is 1. The van der Waals surface area contributed by atoms with Gasteiger partial charge in [-0.3, -0.25) is 24.3 Å². The molecular weight excluding hydrogens is 424 g/mol. The molecule has 8 heteroatoms. The van der Waals surface area contributed by atoms with Crippen LogP contribution in [0.3, 0.4) is 0 Å². The smallest absolute Gasteiger partial charge is 0.312 e. The molecule has 3 fully saturated rings. The van der Waals surface area contributed by atoms with E-state index in [1.54, 1.807) is 0 Å². The largest absolute Gasteiger partial charge is 0.469 e. The molecule has 0 radical (unpaired) electrons. The molecule has 0 N–H and O–H groups in total. The number of nitrogens with zero attached hydrogens (tertiary/aromatic N) is 2. The van der Waals surface area contributed by atoms with E-state index in [0.717, 1.165) is 36.5 Å². The van der Waals surface area contributed by atoms with Gasteiger partial charge in [0.25, 0.3) is 0 Å². The highest BCUT2D eigenvalue weighted by molar-refractivity contribution is 6.05. The Morgan fingerprint density at radius 3 is 2.64 bits per heavy atom. The molecule has 4 aliphatic rings. The zero-order valence-electron chi connectivity index (χ0n) is 19.3. The van der Waals surface area contributed by atoms with E-state index in [-0.39, 0.29) is 29.9 Å². The summed E-state index contributed by atoms with van der Waals surface area (Å²) in [4.78, 5) is 44.2. The molecule has 0 aromatic heterocycles. The molecule has 1 saturated carbocycles. The SMILES string of the molecule is COC(=O)[C@@H]1[C@H]2C[C@H]3C4=Nc5ccccc5[C@@]4(OC(C)=O)CCN3C[C@@H]2CC[C@@H]1OC(C)=O. The van der Waals surface area contributed by atoms with Gasteiger partial charge >= 0.3 is 17.9 Å². The number of piperidine rings is 2. The number of benzene rings is 1. The van der Waals surface area contributed by atoms with Crippen molar-refractivity contribution < 1.29 is 28.6 Å². The van der Waals surface area contributed by atoms with Crippen molar-refractivity contribution in [1.82, 2.24) is 4.90 Å². The van der Waals surface area contributed by atoms with Gasteiger partial charge in [-0.1, -0.05) is 18.2 Å². The molecule has 0 bridgehead atoms. The molecule has 1 aromatic rings. The number of carbonyl (C=O) groups is 3. The molecular formula is C25H30N2O6. The van der Waals surface area contributed by atoms with Crippen LogP contribution in [0.5, 0.6) is 0 Å². The van der Waals surface area contributed by atoms with Crippen molar-refractivity contribution in [1.29, 1.82) is 0 Å². The Hall–Kier alpha value is -2.74. The minimum atomic E-state index is -0.860. The number of rotatable bonds is 3. The van der Waals surface area contributed by atoms with E-state index in [4.69, 9.17) is 19.2 Å². The van der Waals surface area contributed by atoms with Crippen molar-refractivity contribution >= 4 is 29.3 Å². The number of carbonyl (C=O) groups excluding carboxylic acids is 3. The minimum absolute atomic E-state index is 0.00339. The normalized spacial score (nSPS) is 34.6. The van der Waals surface area contributed by atoms with Crippen LogP contribution in [0.15, 0.2) is 29.3 Å².